The van der Waals surface area contributed by atoms with E-state index in [4.69, 9.17) is 11.6 Å². The zero-order chi connectivity index (χ0) is 8.72. The van der Waals surface area contributed by atoms with Crippen LogP contribution >= 0.6 is 24.0 Å². The van der Waals surface area contributed by atoms with Crippen LogP contribution in [0.3, 0.4) is 0 Å². The average Bonchev–Trinajstić information content (AvgIpc) is 2.48. The number of aryl methyl sites for hydroxylation is 1. The Kier molecular flexibility index (Phi) is 3.17. The van der Waals surface area contributed by atoms with Crippen LogP contribution in [0.1, 0.15) is 22.4 Å². The maximum absolute atomic E-state index is 6.00. The minimum absolute atomic E-state index is 0. The van der Waals surface area contributed by atoms with Gasteiger partial charge in [-0.05, 0) is 25.0 Å². The minimum Gasteiger partial charge on any atom is -0.308 e. The summed E-state index contributed by atoms with van der Waals surface area (Å²) >= 11 is 6.00. The van der Waals surface area contributed by atoms with Crippen LogP contribution in [0.4, 0.5) is 0 Å². The van der Waals surface area contributed by atoms with Crippen LogP contribution in [0.25, 0.3) is 0 Å². The molecule has 1 aromatic rings. The molecule has 0 radical (unpaired) electrons. The van der Waals surface area contributed by atoms with E-state index in [1.54, 1.807) is 0 Å². The molecule has 0 aromatic carbocycles. The van der Waals surface area contributed by atoms with Gasteiger partial charge in [0, 0.05) is 24.3 Å². The predicted molar refractivity (Wildman–Crippen MR) is 56.5 cm³/mol. The molecule has 1 aliphatic rings. The lowest BCUT2D eigenvalue weighted by atomic mass is 10.1. The van der Waals surface area contributed by atoms with E-state index in [1.165, 1.54) is 16.7 Å². The first-order chi connectivity index (χ1) is 5.70. The highest BCUT2D eigenvalue weighted by atomic mass is 35.5. The zero-order valence-electron chi connectivity index (χ0n) is 7.65. The number of hydrogen-bond acceptors (Lipinski definition) is 2. The number of fused-ring (bicyclic) bond motifs is 1. The maximum atomic E-state index is 6.00. The number of aromatic nitrogens is 1. The fourth-order valence-electron chi connectivity index (χ4n) is 1.60. The predicted octanol–water partition coefficient (Wildman–Crippen LogP) is 2.38. The first-order valence-corrected chi connectivity index (χ1v) is 4.43. The van der Waals surface area contributed by atoms with Gasteiger partial charge >= 0.3 is 0 Å². The first kappa shape index (κ1) is 10.8. The van der Waals surface area contributed by atoms with Gasteiger partial charge in [0.1, 0.15) is 5.15 Å². The van der Waals surface area contributed by atoms with Crippen molar-refractivity contribution in [2.45, 2.75) is 26.9 Å². The summed E-state index contributed by atoms with van der Waals surface area (Å²) in [5, 5.41) is 3.94. The SMILES string of the molecule is Cc1nc(Cl)c2c(c1C)CNC2.Cl. The molecule has 0 saturated carbocycles. The highest BCUT2D eigenvalue weighted by Gasteiger charge is 2.17. The van der Waals surface area contributed by atoms with Crippen LogP contribution in [0.5, 0.6) is 0 Å². The Morgan fingerprint density at radius 1 is 1.23 bits per heavy atom. The number of nitrogens with one attached hydrogen (secondary N) is 1. The standard InChI is InChI=1S/C9H11ClN2.ClH/c1-5-6(2)12-9(10)8-4-11-3-7(5)8;/h11H,3-4H2,1-2H3;1H. The number of pyridine rings is 1. The second-order valence-corrected chi connectivity index (χ2v) is 3.53. The smallest absolute Gasteiger partial charge is 0.134 e. The molecule has 1 aliphatic heterocycles. The van der Waals surface area contributed by atoms with Gasteiger partial charge < -0.3 is 5.32 Å². The molecule has 0 atom stereocenters. The molecule has 0 saturated heterocycles. The summed E-state index contributed by atoms with van der Waals surface area (Å²) in [4.78, 5) is 4.27. The van der Waals surface area contributed by atoms with Gasteiger partial charge in [0.05, 0.1) is 0 Å². The molecule has 0 amide bonds. The van der Waals surface area contributed by atoms with E-state index >= 15 is 0 Å². The van der Waals surface area contributed by atoms with Gasteiger partial charge in [-0.25, -0.2) is 4.98 Å². The van der Waals surface area contributed by atoms with Crippen LogP contribution in [-0.4, -0.2) is 4.98 Å². The summed E-state index contributed by atoms with van der Waals surface area (Å²) in [6.07, 6.45) is 0. The van der Waals surface area contributed by atoms with Crippen LogP contribution in [0.15, 0.2) is 0 Å². The molecule has 2 heterocycles. The van der Waals surface area contributed by atoms with Crippen molar-refractivity contribution in [3.8, 4) is 0 Å². The maximum Gasteiger partial charge on any atom is 0.134 e. The normalized spacial score (nSPS) is 13.8. The summed E-state index contributed by atoms with van der Waals surface area (Å²) in [6.45, 7) is 5.90. The lowest BCUT2D eigenvalue weighted by Gasteiger charge is -2.06. The molecule has 1 N–H and O–H groups in total. The van der Waals surface area contributed by atoms with E-state index in [0.29, 0.717) is 5.15 Å². The summed E-state index contributed by atoms with van der Waals surface area (Å²) in [6, 6.07) is 0. The van der Waals surface area contributed by atoms with Crippen molar-refractivity contribution in [1.82, 2.24) is 10.3 Å². The third-order valence-corrected chi connectivity index (χ3v) is 2.79. The molecule has 13 heavy (non-hydrogen) atoms. The third-order valence-electron chi connectivity index (χ3n) is 2.48. The van der Waals surface area contributed by atoms with Gasteiger partial charge in [-0.15, -0.1) is 12.4 Å². The Bertz CT molecular complexity index is 337. The third kappa shape index (κ3) is 1.66. The van der Waals surface area contributed by atoms with Crippen molar-refractivity contribution in [2.24, 2.45) is 0 Å². The summed E-state index contributed by atoms with van der Waals surface area (Å²) in [5.74, 6) is 0. The van der Waals surface area contributed by atoms with Crippen LogP contribution in [0, 0.1) is 13.8 Å². The Morgan fingerprint density at radius 2 is 1.85 bits per heavy atom. The fourth-order valence-corrected chi connectivity index (χ4v) is 1.91. The Morgan fingerprint density at radius 3 is 2.54 bits per heavy atom. The van der Waals surface area contributed by atoms with Crippen molar-refractivity contribution < 1.29 is 0 Å². The second kappa shape index (κ2) is 3.82. The molecule has 2 nitrogen and oxygen atoms in total. The average molecular weight is 219 g/mol. The highest BCUT2D eigenvalue weighted by Crippen LogP contribution is 2.26. The van der Waals surface area contributed by atoms with Crippen molar-refractivity contribution >= 4 is 24.0 Å². The first-order valence-electron chi connectivity index (χ1n) is 4.05. The van der Waals surface area contributed by atoms with Crippen LogP contribution in [0.2, 0.25) is 5.15 Å². The zero-order valence-corrected chi connectivity index (χ0v) is 9.22. The van der Waals surface area contributed by atoms with Crippen molar-refractivity contribution in [2.75, 3.05) is 0 Å². The lowest BCUT2D eigenvalue weighted by molar-refractivity contribution is 0.763. The van der Waals surface area contributed by atoms with E-state index in [1.807, 2.05) is 6.92 Å². The summed E-state index contributed by atoms with van der Waals surface area (Å²) in [5.41, 5.74) is 4.84. The van der Waals surface area contributed by atoms with Gasteiger partial charge in [0.25, 0.3) is 0 Å². The van der Waals surface area contributed by atoms with Gasteiger partial charge in [-0.1, -0.05) is 11.6 Å². The van der Waals surface area contributed by atoms with Crippen LogP contribution < -0.4 is 5.32 Å². The van der Waals surface area contributed by atoms with Gasteiger partial charge in [0.15, 0.2) is 0 Å². The van der Waals surface area contributed by atoms with E-state index < -0.39 is 0 Å². The van der Waals surface area contributed by atoms with Gasteiger partial charge in [-0.3, -0.25) is 0 Å². The summed E-state index contributed by atoms with van der Waals surface area (Å²) < 4.78 is 0. The van der Waals surface area contributed by atoms with Gasteiger partial charge in [0.2, 0.25) is 0 Å². The van der Waals surface area contributed by atoms with Crippen molar-refractivity contribution in [1.29, 1.82) is 0 Å². The second-order valence-electron chi connectivity index (χ2n) is 3.17. The summed E-state index contributed by atoms with van der Waals surface area (Å²) in [7, 11) is 0. The lowest BCUT2D eigenvalue weighted by Crippen LogP contribution is -2.00. The molecule has 0 spiro atoms. The Balaban J connectivity index is 0.000000845. The number of rotatable bonds is 0. The highest BCUT2D eigenvalue weighted by molar-refractivity contribution is 6.30. The Hall–Kier alpha value is -0.310. The molecule has 0 unspecified atom stereocenters. The molecule has 1 aromatic heterocycles. The van der Waals surface area contributed by atoms with E-state index in [2.05, 4.69) is 17.2 Å². The van der Waals surface area contributed by atoms with E-state index in [-0.39, 0.29) is 12.4 Å². The largest absolute Gasteiger partial charge is 0.308 e. The van der Waals surface area contributed by atoms with E-state index in [9.17, 15) is 0 Å². The number of hydrogen-bond donors (Lipinski definition) is 1. The molecule has 2 rings (SSSR count). The Labute approximate surface area is 89.1 Å². The molecular weight excluding hydrogens is 207 g/mol. The topological polar surface area (TPSA) is 24.9 Å². The number of halogens is 2. The monoisotopic (exact) mass is 218 g/mol. The van der Waals surface area contributed by atoms with E-state index in [0.717, 1.165) is 18.8 Å². The fraction of sp³-hybridized carbons (Fsp3) is 0.444. The molecule has 0 aliphatic carbocycles. The molecule has 0 fully saturated rings. The molecule has 4 heteroatoms. The van der Waals surface area contributed by atoms with Gasteiger partial charge in [-0.2, -0.15) is 0 Å². The molecular formula is C9H12Cl2N2. The number of nitrogens with zero attached hydrogens (tertiary/aromatic N) is 1. The molecule has 0 bridgehead atoms. The van der Waals surface area contributed by atoms with Crippen molar-refractivity contribution in [3.63, 3.8) is 0 Å². The van der Waals surface area contributed by atoms with Crippen molar-refractivity contribution in [3.05, 3.63) is 27.5 Å². The van der Waals surface area contributed by atoms with Crippen LogP contribution in [-0.2, 0) is 13.1 Å². The quantitative estimate of drug-likeness (QED) is 0.677. The minimum atomic E-state index is 0. The molecule has 72 valence electrons.